The van der Waals surface area contributed by atoms with Gasteiger partial charge in [0.05, 0.1) is 12.3 Å². The third kappa shape index (κ3) is 17.3. The molecule has 0 aliphatic carbocycles. The van der Waals surface area contributed by atoms with Gasteiger partial charge in [0.25, 0.3) is 0 Å². The minimum atomic E-state index is 0.262. The highest BCUT2D eigenvalue weighted by atomic mass is 16.5. The molecule has 0 bridgehead atoms. The predicted octanol–water partition coefficient (Wildman–Crippen LogP) is 14.3. The molecule has 0 saturated heterocycles. The number of carbonyl (C=O) groups excluding carboxylic acids is 1. The zero-order valence-corrected chi connectivity index (χ0v) is 30.5. The molecule has 0 radical (unpaired) electrons. The average Bonchev–Trinajstić information content (AvgIpc) is 3.12. The van der Waals surface area contributed by atoms with E-state index in [2.05, 4.69) is 55.2 Å². The summed E-state index contributed by atoms with van der Waals surface area (Å²) in [7, 11) is 0. The second-order valence-electron chi connectivity index (χ2n) is 13.7. The Hall–Kier alpha value is -3.20. The van der Waals surface area contributed by atoms with E-state index in [0.717, 1.165) is 59.6 Å². The topological polar surface area (TPSA) is 38.7 Å². The number of nitrogens with zero attached hydrogens (tertiary/aromatic N) is 1. The van der Waals surface area contributed by atoms with Gasteiger partial charge in [-0.25, -0.2) is 0 Å². The van der Waals surface area contributed by atoms with Crippen molar-refractivity contribution in [3.8, 4) is 16.9 Å². The Morgan fingerprint density at radius 1 is 0.521 bits per heavy atom. The number of aliphatic imine (C=N–C) groups is 1. The third-order valence-electron chi connectivity index (χ3n) is 9.42. The molecule has 3 nitrogen and oxygen atoms in total. The fourth-order valence-electron chi connectivity index (χ4n) is 6.26. The number of benzene rings is 3. The molecule has 48 heavy (non-hydrogen) atoms. The predicted molar refractivity (Wildman–Crippen MR) is 208 cm³/mol. The molecule has 3 heteroatoms. The van der Waals surface area contributed by atoms with E-state index in [1.54, 1.807) is 0 Å². The van der Waals surface area contributed by atoms with Crippen LogP contribution >= 0.6 is 0 Å². The number of rotatable bonds is 28. The summed E-state index contributed by atoms with van der Waals surface area (Å²) in [5, 5.41) is 0. The second-order valence-corrected chi connectivity index (χ2v) is 13.7. The number of ether oxygens (including phenoxy) is 1. The first-order valence-electron chi connectivity index (χ1n) is 19.7. The summed E-state index contributed by atoms with van der Waals surface area (Å²) in [6.07, 6.45) is 30.3. The van der Waals surface area contributed by atoms with Crippen LogP contribution in [0, 0.1) is 0 Å². The Kier molecular flexibility index (Phi) is 21.1. The summed E-state index contributed by atoms with van der Waals surface area (Å²) >= 11 is 0. The maximum absolute atomic E-state index is 12.8. The standard InChI is InChI=1S/C45H65NO2/c1-3-5-7-9-11-12-13-14-15-16-17-18-19-20-22-24-45(47)42-29-27-40(28-30-42)41-31-33-43(34-32-41)46-38-39-25-35-44(36-26-39)48-37-23-21-10-8-6-4-2/h25-36,38H,3-24,37H2,1-2H3. The summed E-state index contributed by atoms with van der Waals surface area (Å²) in [6, 6.07) is 24.5. The molecule has 0 aromatic heterocycles. The first-order chi connectivity index (χ1) is 23.7. The van der Waals surface area contributed by atoms with Crippen molar-refractivity contribution in [1.82, 2.24) is 0 Å². The Labute approximate surface area is 294 Å². The van der Waals surface area contributed by atoms with E-state index in [-0.39, 0.29) is 5.78 Å². The fourth-order valence-corrected chi connectivity index (χ4v) is 6.26. The van der Waals surface area contributed by atoms with Gasteiger partial charge < -0.3 is 4.74 Å². The Balaban J connectivity index is 1.26. The van der Waals surface area contributed by atoms with Gasteiger partial charge in [-0.3, -0.25) is 9.79 Å². The summed E-state index contributed by atoms with van der Waals surface area (Å²) in [5.41, 5.74) is 5.03. The monoisotopic (exact) mass is 652 g/mol. The first-order valence-corrected chi connectivity index (χ1v) is 19.7. The highest BCUT2D eigenvalue weighted by molar-refractivity contribution is 5.96. The van der Waals surface area contributed by atoms with Crippen LogP contribution in [-0.2, 0) is 0 Å². The van der Waals surface area contributed by atoms with E-state index < -0.39 is 0 Å². The van der Waals surface area contributed by atoms with Crippen molar-refractivity contribution in [3.05, 3.63) is 83.9 Å². The minimum absolute atomic E-state index is 0.262. The molecule has 0 fully saturated rings. The zero-order chi connectivity index (χ0) is 33.9. The first kappa shape index (κ1) is 39.2. The van der Waals surface area contributed by atoms with Crippen molar-refractivity contribution >= 4 is 17.7 Å². The highest BCUT2D eigenvalue weighted by Crippen LogP contribution is 2.24. The maximum Gasteiger partial charge on any atom is 0.162 e. The molecule has 262 valence electrons. The van der Waals surface area contributed by atoms with Gasteiger partial charge in [0.2, 0.25) is 0 Å². The number of ketones is 1. The molecule has 0 saturated carbocycles. The van der Waals surface area contributed by atoms with Crippen LogP contribution in [0.4, 0.5) is 5.69 Å². The van der Waals surface area contributed by atoms with Crippen LogP contribution in [0.15, 0.2) is 77.8 Å². The van der Waals surface area contributed by atoms with Crippen molar-refractivity contribution in [3.63, 3.8) is 0 Å². The van der Waals surface area contributed by atoms with E-state index in [1.165, 1.54) is 116 Å². The smallest absolute Gasteiger partial charge is 0.162 e. The van der Waals surface area contributed by atoms with Crippen molar-refractivity contribution in [2.45, 2.75) is 155 Å². The van der Waals surface area contributed by atoms with Crippen LogP contribution in [-0.4, -0.2) is 18.6 Å². The maximum atomic E-state index is 12.8. The lowest BCUT2D eigenvalue weighted by Gasteiger charge is -2.06. The van der Waals surface area contributed by atoms with Crippen LogP contribution in [0.5, 0.6) is 5.75 Å². The molecule has 3 rings (SSSR count). The second kappa shape index (κ2) is 25.8. The quantitative estimate of drug-likeness (QED) is 0.0445. The average molecular weight is 652 g/mol. The summed E-state index contributed by atoms with van der Waals surface area (Å²) in [6.45, 7) is 5.32. The number of unbranched alkanes of at least 4 members (excludes halogenated alkanes) is 19. The van der Waals surface area contributed by atoms with Crippen molar-refractivity contribution in [2.24, 2.45) is 4.99 Å². The molecule has 0 amide bonds. The molecular weight excluding hydrogens is 587 g/mol. The normalized spacial score (nSPS) is 11.4. The van der Waals surface area contributed by atoms with Gasteiger partial charge >= 0.3 is 0 Å². The largest absolute Gasteiger partial charge is 0.494 e. The van der Waals surface area contributed by atoms with E-state index in [9.17, 15) is 4.79 Å². The van der Waals surface area contributed by atoms with Gasteiger partial charge in [-0.05, 0) is 65.9 Å². The number of Topliss-reactive ketones (excluding diaryl/α,β-unsaturated/α-hetero) is 1. The molecule has 0 spiro atoms. The van der Waals surface area contributed by atoms with E-state index >= 15 is 0 Å². The van der Waals surface area contributed by atoms with Crippen LogP contribution < -0.4 is 4.74 Å². The molecule has 0 N–H and O–H groups in total. The molecular formula is C45H65NO2. The summed E-state index contributed by atoms with van der Waals surface area (Å²) < 4.78 is 5.90. The van der Waals surface area contributed by atoms with E-state index in [4.69, 9.17) is 4.74 Å². The van der Waals surface area contributed by atoms with Crippen LogP contribution in [0.2, 0.25) is 0 Å². The van der Waals surface area contributed by atoms with Gasteiger partial charge in [-0.2, -0.15) is 0 Å². The summed E-state index contributed by atoms with van der Waals surface area (Å²) in [5.74, 6) is 1.18. The summed E-state index contributed by atoms with van der Waals surface area (Å²) in [4.78, 5) is 17.4. The number of carbonyl (C=O) groups is 1. The molecule has 0 aliphatic rings. The van der Waals surface area contributed by atoms with E-state index in [0.29, 0.717) is 6.42 Å². The Morgan fingerprint density at radius 2 is 0.958 bits per heavy atom. The molecule has 0 aliphatic heterocycles. The van der Waals surface area contributed by atoms with E-state index in [1.807, 2.05) is 42.6 Å². The highest BCUT2D eigenvalue weighted by Gasteiger charge is 2.07. The van der Waals surface area contributed by atoms with Gasteiger partial charge in [-0.1, -0.05) is 172 Å². The molecule has 3 aromatic carbocycles. The lowest BCUT2D eigenvalue weighted by atomic mass is 9.99. The minimum Gasteiger partial charge on any atom is -0.494 e. The third-order valence-corrected chi connectivity index (χ3v) is 9.42. The van der Waals surface area contributed by atoms with Crippen LogP contribution in [0.25, 0.3) is 11.1 Å². The molecule has 0 atom stereocenters. The molecule has 0 heterocycles. The Morgan fingerprint density at radius 3 is 1.46 bits per heavy atom. The SMILES string of the molecule is CCCCCCCCCCCCCCCCCC(=O)c1ccc(-c2ccc(N=Cc3ccc(OCCCCCCCC)cc3)cc2)cc1. The van der Waals surface area contributed by atoms with Gasteiger partial charge in [0, 0.05) is 18.2 Å². The van der Waals surface area contributed by atoms with Crippen molar-refractivity contribution < 1.29 is 9.53 Å². The molecule has 0 unspecified atom stereocenters. The lowest BCUT2D eigenvalue weighted by Crippen LogP contribution is -1.98. The van der Waals surface area contributed by atoms with Crippen LogP contribution in [0.3, 0.4) is 0 Å². The Bertz CT molecular complexity index is 1240. The zero-order valence-electron chi connectivity index (χ0n) is 30.5. The van der Waals surface area contributed by atoms with Gasteiger partial charge in [-0.15, -0.1) is 0 Å². The van der Waals surface area contributed by atoms with Crippen molar-refractivity contribution in [2.75, 3.05) is 6.61 Å². The van der Waals surface area contributed by atoms with Gasteiger partial charge in [0.15, 0.2) is 5.78 Å². The fraction of sp³-hybridized carbons (Fsp3) is 0.556. The lowest BCUT2D eigenvalue weighted by molar-refractivity contribution is 0.0979. The molecule has 3 aromatic rings. The van der Waals surface area contributed by atoms with Crippen LogP contribution in [0.1, 0.15) is 171 Å². The number of hydrogen-bond donors (Lipinski definition) is 0. The van der Waals surface area contributed by atoms with Gasteiger partial charge in [0.1, 0.15) is 5.75 Å². The number of hydrogen-bond acceptors (Lipinski definition) is 3. The van der Waals surface area contributed by atoms with Crippen molar-refractivity contribution in [1.29, 1.82) is 0 Å².